The van der Waals surface area contributed by atoms with Gasteiger partial charge in [0.15, 0.2) is 0 Å². The molecular formula is C13H20N2S. The van der Waals surface area contributed by atoms with Crippen LogP contribution in [0.2, 0.25) is 0 Å². The van der Waals surface area contributed by atoms with E-state index in [9.17, 15) is 0 Å². The highest BCUT2D eigenvalue weighted by Gasteiger charge is 2.40. The molecule has 2 N–H and O–H groups in total. The minimum atomic E-state index is 0.646. The summed E-state index contributed by atoms with van der Waals surface area (Å²) in [4.78, 5) is 2.68. The zero-order valence-electron chi connectivity index (χ0n) is 9.64. The largest absolute Gasteiger partial charge is 0.329 e. The Balaban J connectivity index is 1.69. The van der Waals surface area contributed by atoms with Crippen LogP contribution in [-0.4, -0.2) is 23.5 Å². The molecule has 2 aliphatic rings. The van der Waals surface area contributed by atoms with Gasteiger partial charge in [0.1, 0.15) is 0 Å². The summed E-state index contributed by atoms with van der Waals surface area (Å²) in [5.41, 5.74) is 7.44. The van der Waals surface area contributed by atoms with Crippen molar-refractivity contribution in [3.8, 4) is 0 Å². The van der Waals surface area contributed by atoms with Crippen molar-refractivity contribution in [1.29, 1.82) is 0 Å². The highest BCUT2D eigenvalue weighted by Crippen LogP contribution is 2.40. The third-order valence-corrected chi connectivity index (χ3v) is 4.53. The van der Waals surface area contributed by atoms with E-state index in [1.807, 2.05) is 0 Å². The summed E-state index contributed by atoms with van der Waals surface area (Å²) < 4.78 is 0. The molecule has 2 aliphatic carbocycles. The highest BCUT2D eigenvalue weighted by atomic mass is 32.1. The summed E-state index contributed by atoms with van der Waals surface area (Å²) in [6.45, 7) is 1.96. The molecular weight excluding hydrogens is 216 g/mol. The van der Waals surface area contributed by atoms with E-state index in [-0.39, 0.29) is 0 Å². The molecule has 0 aromatic carbocycles. The average Bonchev–Trinajstić information content (AvgIpc) is 3.19. The minimum absolute atomic E-state index is 0.646. The lowest BCUT2D eigenvalue weighted by molar-refractivity contribution is 0.162. The van der Waals surface area contributed by atoms with E-state index >= 15 is 0 Å². The summed E-state index contributed by atoms with van der Waals surface area (Å²) in [6, 6.07) is 3.72. The Kier molecular flexibility index (Phi) is 3.01. The van der Waals surface area contributed by atoms with Crippen molar-refractivity contribution >= 4 is 11.3 Å². The van der Waals surface area contributed by atoms with E-state index in [1.165, 1.54) is 31.2 Å². The molecule has 0 spiro atoms. The number of rotatable bonds is 6. The summed E-state index contributed by atoms with van der Waals surface area (Å²) in [7, 11) is 0. The van der Waals surface area contributed by atoms with Crippen LogP contribution in [0.25, 0.3) is 0 Å². The van der Waals surface area contributed by atoms with E-state index < -0.39 is 0 Å². The Morgan fingerprint density at radius 1 is 1.38 bits per heavy atom. The van der Waals surface area contributed by atoms with Gasteiger partial charge in [-0.1, -0.05) is 0 Å². The predicted octanol–water partition coefficient (Wildman–Crippen LogP) is 2.45. The summed E-state index contributed by atoms with van der Waals surface area (Å²) in [5.74, 6) is 0.893. The maximum Gasteiger partial charge on any atom is 0.0253 e. The van der Waals surface area contributed by atoms with Crippen molar-refractivity contribution in [3.63, 3.8) is 0 Å². The quantitative estimate of drug-likeness (QED) is 0.822. The van der Waals surface area contributed by atoms with E-state index in [2.05, 4.69) is 21.7 Å². The molecule has 0 radical (unpaired) electrons. The molecule has 88 valence electrons. The van der Waals surface area contributed by atoms with E-state index in [0.29, 0.717) is 6.04 Å². The van der Waals surface area contributed by atoms with Crippen molar-refractivity contribution in [2.24, 2.45) is 11.7 Å². The molecule has 0 aliphatic heterocycles. The smallest absolute Gasteiger partial charge is 0.0253 e. The molecule has 0 amide bonds. The lowest BCUT2D eigenvalue weighted by Gasteiger charge is -2.31. The molecule has 1 unspecified atom stereocenters. The second kappa shape index (κ2) is 4.47. The van der Waals surface area contributed by atoms with Gasteiger partial charge in [0.05, 0.1) is 0 Å². The Morgan fingerprint density at radius 3 is 2.69 bits per heavy atom. The number of nitrogens with two attached hydrogens (primary N) is 1. The SMILES string of the molecule is NCC(C1CC1)N(Cc1ccsc1)C1CC1. The second-order valence-corrected chi connectivity index (χ2v) is 5.96. The van der Waals surface area contributed by atoms with Crippen LogP contribution in [-0.2, 0) is 6.54 Å². The number of hydrogen-bond donors (Lipinski definition) is 1. The predicted molar refractivity (Wildman–Crippen MR) is 68.5 cm³/mol. The molecule has 1 heterocycles. The minimum Gasteiger partial charge on any atom is -0.329 e. The molecule has 3 rings (SSSR count). The Hall–Kier alpha value is -0.380. The highest BCUT2D eigenvalue weighted by molar-refractivity contribution is 7.07. The van der Waals surface area contributed by atoms with Crippen LogP contribution in [0.5, 0.6) is 0 Å². The van der Waals surface area contributed by atoms with Crippen LogP contribution < -0.4 is 5.73 Å². The maximum atomic E-state index is 5.97. The monoisotopic (exact) mass is 236 g/mol. The fourth-order valence-electron chi connectivity index (χ4n) is 2.60. The molecule has 16 heavy (non-hydrogen) atoms. The van der Waals surface area contributed by atoms with E-state index in [1.54, 1.807) is 11.3 Å². The summed E-state index contributed by atoms with van der Waals surface area (Å²) in [5, 5.41) is 4.45. The zero-order valence-corrected chi connectivity index (χ0v) is 10.5. The van der Waals surface area contributed by atoms with Crippen LogP contribution in [0.1, 0.15) is 31.2 Å². The molecule has 0 bridgehead atoms. The van der Waals surface area contributed by atoms with Gasteiger partial charge in [-0.2, -0.15) is 11.3 Å². The first-order valence-electron chi connectivity index (χ1n) is 6.35. The maximum absolute atomic E-state index is 5.97. The van der Waals surface area contributed by atoms with Crippen molar-refractivity contribution < 1.29 is 0 Å². The lowest BCUT2D eigenvalue weighted by atomic mass is 10.1. The summed E-state index contributed by atoms with van der Waals surface area (Å²) in [6.07, 6.45) is 5.56. The summed E-state index contributed by atoms with van der Waals surface area (Å²) >= 11 is 1.80. The zero-order chi connectivity index (χ0) is 11.0. The van der Waals surface area contributed by atoms with Gasteiger partial charge < -0.3 is 5.73 Å². The van der Waals surface area contributed by atoms with Crippen molar-refractivity contribution in [1.82, 2.24) is 4.90 Å². The van der Waals surface area contributed by atoms with Gasteiger partial charge in [-0.25, -0.2) is 0 Å². The van der Waals surface area contributed by atoms with Gasteiger partial charge in [0.25, 0.3) is 0 Å². The first kappa shape index (κ1) is 10.8. The van der Waals surface area contributed by atoms with Crippen LogP contribution in [0.3, 0.4) is 0 Å². The third-order valence-electron chi connectivity index (χ3n) is 3.79. The van der Waals surface area contributed by atoms with Crippen LogP contribution >= 0.6 is 11.3 Å². The number of nitrogens with zero attached hydrogens (tertiary/aromatic N) is 1. The molecule has 1 aromatic rings. The molecule has 3 heteroatoms. The molecule has 1 aromatic heterocycles. The molecule has 2 nitrogen and oxygen atoms in total. The lowest BCUT2D eigenvalue weighted by Crippen LogP contribution is -2.43. The first-order chi connectivity index (χ1) is 7.88. The Morgan fingerprint density at radius 2 is 2.19 bits per heavy atom. The number of thiophene rings is 1. The second-order valence-electron chi connectivity index (χ2n) is 5.18. The van der Waals surface area contributed by atoms with Gasteiger partial charge in [-0.05, 0) is 54.0 Å². The molecule has 0 saturated heterocycles. The third kappa shape index (κ3) is 2.31. The number of hydrogen-bond acceptors (Lipinski definition) is 3. The van der Waals surface area contributed by atoms with Crippen LogP contribution in [0.4, 0.5) is 0 Å². The normalized spacial score (nSPS) is 22.6. The fourth-order valence-corrected chi connectivity index (χ4v) is 3.26. The molecule has 1 atom stereocenters. The first-order valence-corrected chi connectivity index (χ1v) is 7.29. The topological polar surface area (TPSA) is 29.3 Å². The molecule has 2 saturated carbocycles. The van der Waals surface area contributed by atoms with Crippen molar-refractivity contribution in [2.45, 2.75) is 44.3 Å². The van der Waals surface area contributed by atoms with Gasteiger partial charge in [-0.3, -0.25) is 4.90 Å². The van der Waals surface area contributed by atoms with Crippen LogP contribution in [0, 0.1) is 5.92 Å². The Labute approximate surface area is 101 Å². The fraction of sp³-hybridized carbons (Fsp3) is 0.692. The average molecular weight is 236 g/mol. The van der Waals surface area contributed by atoms with Gasteiger partial charge in [0.2, 0.25) is 0 Å². The van der Waals surface area contributed by atoms with Crippen LogP contribution in [0.15, 0.2) is 16.8 Å². The van der Waals surface area contributed by atoms with E-state index in [0.717, 1.165) is 25.0 Å². The van der Waals surface area contributed by atoms with Gasteiger partial charge in [0, 0.05) is 25.2 Å². The van der Waals surface area contributed by atoms with Gasteiger partial charge in [-0.15, -0.1) is 0 Å². The molecule has 2 fully saturated rings. The van der Waals surface area contributed by atoms with E-state index in [4.69, 9.17) is 5.73 Å². The van der Waals surface area contributed by atoms with Crippen molar-refractivity contribution in [2.75, 3.05) is 6.54 Å². The Bertz CT molecular complexity index is 328. The van der Waals surface area contributed by atoms with Gasteiger partial charge >= 0.3 is 0 Å². The standard InChI is InChI=1S/C13H20N2S/c14-7-13(11-1-2-11)15(12-3-4-12)8-10-5-6-16-9-10/h5-6,9,11-13H,1-4,7-8,14H2. The van der Waals surface area contributed by atoms with Crippen molar-refractivity contribution in [3.05, 3.63) is 22.4 Å².